The molecule has 0 aliphatic heterocycles. The zero-order valence-electron chi connectivity index (χ0n) is 10.7. The molecule has 1 fully saturated rings. The molecule has 0 saturated heterocycles. The van der Waals surface area contributed by atoms with E-state index in [1.807, 2.05) is 25.1 Å². The van der Waals surface area contributed by atoms with Crippen molar-refractivity contribution in [3.63, 3.8) is 0 Å². The molecule has 0 bridgehead atoms. The van der Waals surface area contributed by atoms with E-state index in [-0.39, 0.29) is 0 Å². The minimum Gasteiger partial charge on any atom is -0.492 e. The van der Waals surface area contributed by atoms with Gasteiger partial charge < -0.3 is 15.8 Å². The van der Waals surface area contributed by atoms with Gasteiger partial charge in [-0.1, -0.05) is 13.3 Å². The Morgan fingerprint density at radius 1 is 1.41 bits per heavy atom. The topological polar surface area (TPSA) is 47.3 Å². The van der Waals surface area contributed by atoms with Crippen LogP contribution in [0.4, 0.5) is 11.4 Å². The second-order valence-corrected chi connectivity index (χ2v) is 4.72. The number of benzene rings is 1. The molecule has 1 aliphatic rings. The van der Waals surface area contributed by atoms with E-state index >= 15 is 0 Å². The Kier molecular flexibility index (Phi) is 3.77. The molecule has 0 aromatic heterocycles. The van der Waals surface area contributed by atoms with Crippen molar-refractivity contribution in [3.05, 3.63) is 18.2 Å². The molecule has 3 heteroatoms. The molecule has 3 nitrogen and oxygen atoms in total. The molecule has 0 spiro atoms. The SMILES string of the molecule is CCCC1CC1Nc1ccc(N)c(OCC)c1. The van der Waals surface area contributed by atoms with Gasteiger partial charge in [0.05, 0.1) is 12.3 Å². The predicted molar refractivity (Wildman–Crippen MR) is 72.4 cm³/mol. The highest BCUT2D eigenvalue weighted by atomic mass is 16.5. The Bertz CT molecular complexity index is 378. The third-order valence-electron chi connectivity index (χ3n) is 3.25. The maximum Gasteiger partial charge on any atom is 0.144 e. The highest BCUT2D eigenvalue weighted by Gasteiger charge is 2.35. The summed E-state index contributed by atoms with van der Waals surface area (Å²) < 4.78 is 5.49. The zero-order valence-corrected chi connectivity index (χ0v) is 10.7. The maximum atomic E-state index is 5.84. The second-order valence-electron chi connectivity index (χ2n) is 4.72. The Morgan fingerprint density at radius 2 is 2.24 bits per heavy atom. The van der Waals surface area contributed by atoms with Crippen LogP contribution < -0.4 is 15.8 Å². The van der Waals surface area contributed by atoms with Crippen LogP contribution in [0, 0.1) is 5.92 Å². The standard InChI is InChI=1S/C14H22N2O/c1-3-5-10-8-13(10)16-11-6-7-12(15)14(9-11)17-4-2/h6-7,9-10,13,16H,3-5,8,15H2,1-2H3. The van der Waals surface area contributed by atoms with Gasteiger partial charge in [0.1, 0.15) is 5.75 Å². The number of rotatable bonds is 6. The summed E-state index contributed by atoms with van der Waals surface area (Å²) in [6.07, 6.45) is 3.89. The van der Waals surface area contributed by atoms with Crippen molar-refractivity contribution in [1.82, 2.24) is 0 Å². The smallest absolute Gasteiger partial charge is 0.144 e. The van der Waals surface area contributed by atoms with Crippen LogP contribution in [0.3, 0.4) is 0 Å². The van der Waals surface area contributed by atoms with E-state index in [4.69, 9.17) is 10.5 Å². The molecular weight excluding hydrogens is 212 g/mol. The second kappa shape index (κ2) is 5.30. The van der Waals surface area contributed by atoms with Gasteiger partial charge in [0.2, 0.25) is 0 Å². The lowest BCUT2D eigenvalue weighted by Crippen LogP contribution is -2.05. The van der Waals surface area contributed by atoms with E-state index in [0.717, 1.165) is 17.4 Å². The van der Waals surface area contributed by atoms with Crippen LogP contribution in [0.2, 0.25) is 0 Å². The fourth-order valence-corrected chi connectivity index (χ4v) is 2.23. The van der Waals surface area contributed by atoms with Crippen molar-refractivity contribution in [1.29, 1.82) is 0 Å². The van der Waals surface area contributed by atoms with E-state index in [9.17, 15) is 0 Å². The van der Waals surface area contributed by atoms with Crippen LogP contribution in [0.25, 0.3) is 0 Å². The summed E-state index contributed by atoms with van der Waals surface area (Å²) in [6.45, 7) is 4.86. The molecule has 2 atom stereocenters. The first-order chi connectivity index (χ1) is 8.24. The number of anilines is 2. The maximum absolute atomic E-state index is 5.84. The first-order valence-electron chi connectivity index (χ1n) is 6.53. The molecule has 1 saturated carbocycles. The summed E-state index contributed by atoms with van der Waals surface area (Å²) in [4.78, 5) is 0. The highest BCUT2D eigenvalue weighted by molar-refractivity contribution is 5.62. The molecular formula is C14H22N2O. The summed E-state index contributed by atoms with van der Waals surface area (Å²) in [7, 11) is 0. The van der Waals surface area contributed by atoms with Crippen molar-refractivity contribution < 1.29 is 4.74 Å². The average Bonchev–Trinajstić information content (AvgIpc) is 3.02. The Balaban J connectivity index is 1.95. The molecule has 0 amide bonds. The minimum atomic E-state index is 0.646. The monoisotopic (exact) mass is 234 g/mol. The number of hydrogen-bond acceptors (Lipinski definition) is 3. The first kappa shape index (κ1) is 12.1. The van der Waals surface area contributed by atoms with Gasteiger partial charge in [-0.25, -0.2) is 0 Å². The lowest BCUT2D eigenvalue weighted by atomic mass is 10.2. The van der Waals surface area contributed by atoms with Crippen LogP contribution in [0.15, 0.2) is 18.2 Å². The van der Waals surface area contributed by atoms with E-state index in [2.05, 4.69) is 12.2 Å². The molecule has 2 unspecified atom stereocenters. The highest BCUT2D eigenvalue weighted by Crippen LogP contribution is 2.38. The summed E-state index contributed by atoms with van der Waals surface area (Å²) in [5.41, 5.74) is 7.67. The zero-order chi connectivity index (χ0) is 12.3. The third kappa shape index (κ3) is 3.05. The number of nitrogens with one attached hydrogen (secondary N) is 1. The Morgan fingerprint density at radius 3 is 2.94 bits per heavy atom. The number of ether oxygens (including phenoxy) is 1. The lowest BCUT2D eigenvalue weighted by Gasteiger charge is -2.11. The molecule has 17 heavy (non-hydrogen) atoms. The summed E-state index contributed by atoms with van der Waals surface area (Å²) in [5, 5.41) is 3.54. The molecule has 1 aromatic rings. The Hall–Kier alpha value is -1.38. The third-order valence-corrected chi connectivity index (χ3v) is 3.25. The predicted octanol–water partition coefficient (Wildman–Crippen LogP) is 3.27. The molecule has 1 aromatic carbocycles. The van der Waals surface area contributed by atoms with Crippen LogP contribution in [-0.2, 0) is 0 Å². The van der Waals surface area contributed by atoms with Crippen molar-refractivity contribution in [2.75, 3.05) is 17.7 Å². The summed E-state index contributed by atoms with van der Waals surface area (Å²) in [5.74, 6) is 1.64. The van der Waals surface area contributed by atoms with Crippen LogP contribution in [-0.4, -0.2) is 12.6 Å². The first-order valence-corrected chi connectivity index (χ1v) is 6.53. The van der Waals surface area contributed by atoms with Gasteiger partial charge in [0.15, 0.2) is 0 Å². The summed E-state index contributed by atoms with van der Waals surface area (Å²) >= 11 is 0. The Labute approximate surface area is 103 Å². The van der Waals surface area contributed by atoms with Gasteiger partial charge in [0, 0.05) is 17.8 Å². The van der Waals surface area contributed by atoms with Crippen LogP contribution in [0.5, 0.6) is 5.75 Å². The number of nitrogen functional groups attached to an aromatic ring is 1. The van der Waals surface area contributed by atoms with Crippen LogP contribution in [0.1, 0.15) is 33.1 Å². The van der Waals surface area contributed by atoms with Crippen molar-refractivity contribution >= 4 is 11.4 Å². The van der Waals surface area contributed by atoms with E-state index in [1.54, 1.807) is 0 Å². The van der Waals surface area contributed by atoms with E-state index < -0.39 is 0 Å². The van der Waals surface area contributed by atoms with Gasteiger partial charge in [-0.3, -0.25) is 0 Å². The van der Waals surface area contributed by atoms with Crippen molar-refractivity contribution in [3.8, 4) is 5.75 Å². The molecule has 1 aliphatic carbocycles. The largest absolute Gasteiger partial charge is 0.492 e. The van der Waals surface area contributed by atoms with Crippen molar-refractivity contribution in [2.24, 2.45) is 5.92 Å². The van der Waals surface area contributed by atoms with Crippen LogP contribution >= 0.6 is 0 Å². The fraction of sp³-hybridized carbons (Fsp3) is 0.571. The quantitative estimate of drug-likeness (QED) is 0.743. The molecule has 0 radical (unpaired) electrons. The van der Waals surface area contributed by atoms with Gasteiger partial charge in [0.25, 0.3) is 0 Å². The lowest BCUT2D eigenvalue weighted by molar-refractivity contribution is 0.342. The molecule has 0 heterocycles. The van der Waals surface area contributed by atoms with Crippen molar-refractivity contribution in [2.45, 2.75) is 39.2 Å². The van der Waals surface area contributed by atoms with E-state index in [1.165, 1.54) is 19.3 Å². The average molecular weight is 234 g/mol. The minimum absolute atomic E-state index is 0.646. The van der Waals surface area contributed by atoms with Gasteiger partial charge in [-0.15, -0.1) is 0 Å². The molecule has 3 N–H and O–H groups in total. The number of hydrogen-bond donors (Lipinski definition) is 2. The molecule has 94 valence electrons. The summed E-state index contributed by atoms with van der Waals surface area (Å²) in [6, 6.07) is 6.58. The van der Waals surface area contributed by atoms with Gasteiger partial charge >= 0.3 is 0 Å². The van der Waals surface area contributed by atoms with E-state index in [0.29, 0.717) is 18.3 Å². The number of nitrogens with two attached hydrogens (primary N) is 1. The fourth-order valence-electron chi connectivity index (χ4n) is 2.23. The van der Waals surface area contributed by atoms with Gasteiger partial charge in [-0.05, 0) is 37.8 Å². The van der Waals surface area contributed by atoms with Gasteiger partial charge in [-0.2, -0.15) is 0 Å². The molecule has 2 rings (SSSR count). The normalized spacial score (nSPS) is 22.2.